The lowest BCUT2D eigenvalue weighted by atomic mass is 10.2. The Labute approximate surface area is 143 Å². The smallest absolute Gasteiger partial charge is 0.261 e. The van der Waals surface area contributed by atoms with Crippen LogP contribution in [0.15, 0.2) is 41.3 Å². The molecule has 2 aromatic rings. The highest BCUT2D eigenvalue weighted by Crippen LogP contribution is 2.28. The Morgan fingerprint density at radius 1 is 1.00 bits per heavy atom. The summed E-state index contributed by atoms with van der Waals surface area (Å²) in [4.78, 5) is -0.00599. The predicted octanol–water partition coefficient (Wildman–Crippen LogP) is 3.41. The van der Waals surface area contributed by atoms with Gasteiger partial charge in [-0.2, -0.15) is 0 Å². The van der Waals surface area contributed by atoms with Gasteiger partial charge in [0.2, 0.25) is 0 Å². The fourth-order valence-corrected chi connectivity index (χ4v) is 3.41. The maximum Gasteiger partial charge on any atom is 0.261 e. The van der Waals surface area contributed by atoms with Crippen molar-refractivity contribution in [2.24, 2.45) is 5.84 Å². The van der Waals surface area contributed by atoms with Gasteiger partial charge in [0.25, 0.3) is 10.0 Å². The molecule has 5 nitrogen and oxygen atoms in total. The largest absolute Gasteiger partial charge is 0.279 e. The second kappa shape index (κ2) is 7.04. The summed E-state index contributed by atoms with van der Waals surface area (Å²) in [6.45, 7) is 0.274. The van der Waals surface area contributed by atoms with Crippen molar-refractivity contribution < 1.29 is 8.42 Å². The molecule has 0 aliphatic rings. The normalized spacial score (nSPS) is 11.5. The van der Waals surface area contributed by atoms with Crippen molar-refractivity contribution in [2.45, 2.75) is 11.4 Å². The van der Waals surface area contributed by atoms with Gasteiger partial charge in [-0.1, -0.05) is 40.9 Å². The fraction of sp³-hybridized carbons (Fsp3) is 0.0769. The van der Waals surface area contributed by atoms with Crippen LogP contribution in [0.4, 0.5) is 5.69 Å². The van der Waals surface area contributed by atoms with E-state index < -0.39 is 10.0 Å². The van der Waals surface area contributed by atoms with Gasteiger partial charge < -0.3 is 0 Å². The molecule has 0 bridgehead atoms. The highest BCUT2D eigenvalue weighted by molar-refractivity contribution is 7.92. The number of hydrogen-bond donors (Lipinski definition) is 3. The van der Waals surface area contributed by atoms with Crippen LogP contribution >= 0.6 is 34.8 Å². The summed E-state index contributed by atoms with van der Waals surface area (Å²) in [5.41, 5.74) is 3.45. The third-order valence-electron chi connectivity index (χ3n) is 2.81. The fourth-order valence-electron chi connectivity index (χ4n) is 1.76. The van der Waals surface area contributed by atoms with Crippen LogP contribution < -0.4 is 16.0 Å². The van der Waals surface area contributed by atoms with E-state index in [1.807, 2.05) is 0 Å². The van der Waals surface area contributed by atoms with Crippen LogP contribution in [0.5, 0.6) is 0 Å². The first kappa shape index (κ1) is 17.3. The molecule has 0 aromatic heterocycles. The van der Waals surface area contributed by atoms with E-state index in [1.54, 1.807) is 12.1 Å². The number of anilines is 1. The minimum absolute atomic E-state index is 0.00599. The molecule has 0 fully saturated rings. The van der Waals surface area contributed by atoms with E-state index in [2.05, 4.69) is 10.1 Å². The molecule has 0 saturated heterocycles. The molecule has 9 heteroatoms. The van der Waals surface area contributed by atoms with Gasteiger partial charge in [-0.3, -0.25) is 16.0 Å². The van der Waals surface area contributed by atoms with Crippen LogP contribution in [-0.4, -0.2) is 8.42 Å². The monoisotopic (exact) mass is 379 g/mol. The van der Waals surface area contributed by atoms with E-state index in [4.69, 9.17) is 40.6 Å². The van der Waals surface area contributed by atoms with Crippen molar-refractivity contribution in [2.75, 3.05) is 4.72 Å². The van der Waals surface area contributed by atoms with Gasteiger partial charge in [-0.25, -0.2) is 8.42 Å². The van der Waals surface area contributed by atoms with Gasteiger partial charge in [-0.15, -0.1) is 0 Å². The minimum atomic E-state index is -3.83. The molecule has 0 aliphatic heterocycles. The van der Waals surface area contributed by atoms with Crippen molar-refractivity contribution in [1.29, 1.82) is 0 Å². The Balaban J connectivity index is 2.40. The summed E-state index contributed by atoms with van der Waals surface area (Å²) in [5, 5.41) is 0.823. The standard InChI is InChI=1S/C13H12Cl3N3O2S/c14-9-2-1-8(7-18-17)13(5-9)19-22(20,21)10-3-4-11(15)12(16)6-10/h1-6,18-19H,7,17H2. The lowest BCUT2D eigenvalue weighted by Gasteiger charge is -2.13. The zero-order chi connectivity index (χ0) is 16.3. The van der Waals surface area contributed by atoms with E-state index in [-0.39, 0.29) is 21.5 Å². The third-order valence-corrected chi connectivity index (χ3v) is 5.15. The quantitative estimate of drug-likeness (QED) is 0.548. The first-order chi connectivity index (χ1) is 10.3. The van der Waals surface area contributed by atoms with E-state index in [9.17, 15) is 8.42 Å². The first-order valence-corrected chi connectivity index (χ1v) is 8.65. The van der Waals surface area contributed by atoms with Gasteiger partial charge in [0, 0.05) is 11.6 Å². The Kier molecular flexibility index (Phi) is 5.55. The summed E-state index contributed by atoms with van der Waals surface area (Å²) in [7, 11) is -3.83. The van der Waals surface area contributed by atoms with Crippen LogP contribution in [0, 0.1) is 0 Å². The second-order valence-electron chi connectivity index (χ2n) is 4.36. The average Bonchev–Trinajstić information content (AvgIpc) is 2.44. The number of nitrogens with two attached hydrogens (primary N) is 1. The molecular formula is C13H12Cl3N3O2S. The first-order valence-electron chi connectivity index (χ1n) is 6.03. The van der Waals surface area contributed by atoms with Gasteiger partial charge in [0.1, 0.15) is 0 Å². The average molecular weight is 381 g/mol. The number of hydrogen-bond acceptors (Lipinski definition) is 4. The molecule has 0 amide bonds. The Hall–Kier alpha value is -1.02. The zero-order valence-electron chi connectivity index (χ0n) is 11.1. The minimum Gasteiger partial charge on any atom is -0.279 e. The highest BCUT2D eigenvalue weighted by atomic mass is 35.5. The molecular weight excluding hydrogens is 369 g/mol. The van der Waals surface area contributed by atoms with Gasteiger partial charge in [0.05, 0.1) is 20.6 Å². The number of nitrogens with one attached hydrogen (secondary N) is 2. The highest BCUT2D eigenvalue weighted by Gasteiger charge is 2.17. The number of benzene rings is 2. The van der Waals surface area contributed by atoms with E-state index in [1.165, 1.54) is 24.3 Å². The molecule has 0 saturated carbocycles. The third kappa shape index (κ3) is 4.04. The molecule has 118 valence electrons. The van der Waals surface area contributed by atoms with Crippen molar-refractivity contribution in [1.82, 2.24) is 5.43 Å². The summed E-state index contributed by atoms with van der Waals surface area (Å²) >= 11 is 17.6. The number of halogens is 3. The van der Waals surface area contributed by atoms with E-state index in [0.717, 1.165) is 0 Å². The number of rotatable bonds is 5. The molecule has 0 heterocycles. The zero-order valence-corrected chi connectivity index (χ0v) is 14.2. The summed E-state index contributed by atoms with van der Waals surface area (Å²) in [5.74, 6) is 5.29. The van der Waals surface area contributed by atoms with Crippen LogP contribution in [0.25, 0.3) is 0 Å². The Morgan fingerprint density at radius 3 is 2.36 bits per heavy atom. The van der Waals surface area contributed by atoms with Gasteiger partial charge in [-0.05, 0) is 35.9 Å². The molecule has 0 unspecified atom stereocenters. The summed E-state index contributed by atoms with van der Waals surface area (Å²) in [6, 6.07) is 8.88. The predicted molar refractivity (Wildman–Crippen MR) is 89.7 cm³/mol. The van der Waals surface area contributed by atoms with Gasteiger partial charge >= 0.3 is 0 Å². The van der Waals surface area contributed by atoms with E-state index >= 15 is 0 Å². The van der Waals surface area contributed by atoms with E-state index in [0.29, 0.717) is 16.3 Å². The van der Waals surface area contributed by atoms with Crippen molar-refractivity contribution in [3.05, 3.63) is 57.0 Å². The lowest BCUT2D eigenvalue weighted by Crippen LogP contribution is -2.22. The molecule has 22 heavy (non-hydrogen) atoms. The molecule has 0 atom stereocenters. The maximum absolute atomic E-state index is 12.4. The van der Waals surface area contributed by atoms with Crippen LogP contribution in [0.3, 0.4) is 0 Å². The van der Waals surface area contributed by atoms with Crippen molar-refractivity contribution in [3.63, 3.8) is 0 Å². The SMILES string of the molecule is NNCc1ccc(Cl)cc1NS(=O)(=O)c1ccc(Cl)c(Cl)c1. The molecule has 4 N–H and O–H groups in total. The van der Waals surface area contributed by atoms with Crippen LogP contribution in [0.1, 0.15) is 5.56 Å². The topological polar surface area (TPSA) is 84.2 Å². The second-order valence-corrected chi connectivity index (χ2v) is 7.30. The summed E-state index contributed by atoms with van der Waals surface area (Å²) < 4.78 is 27.3. The van der Waals surface area contributed by atoms with Crippen LogP contribution in [-0.2, 0) is 16.6 Å². The van der Waals surface area contributed by atoms with Gasteiger partial charge in [0.15, 0.2) is 0 Å². The summed E-state index contributed by atoms with van der Waals surface area (Å²) in [6.07, 6.45) is 0. The Bertz CT molecular complexity index is 797. The molecule has 0 aliphatic carbocycles. The van der Waals surface area contributed by atoms with Crippen molar-refractivity contribution in [3.8, 4) is 0 Å². The number of hydrazine groups is 1. The maximum atomic E-state index is 12.4. The Morgan fingerprint density at radius 2 is 1.73 bits per heavy atom. The molecule has 2 aromatic carbocycles. The number of sulfonamides is 1. The molecule has 0 radical (unpaired) electrons. The lowest BCUT2D eigenvalue weighted by molar-refractivity contribution is 0.601. The molecule has 0 spiro atoms. The van der Waals surface area contributed by atoms with Crippen molar-refractivity contribution >= 4 is 50.5 Å². The van der Waals surface area contributed by atoms with Crippen LogP contribution in [0.2, 0.25) is 15.1 Å². The molecule has 2 rings (SSSR count).